The minimum atomic E-state index is -3.60. The number of hydrogen-bond donors (Lipinski definition) is 1. The standard InChI is InChI=1S/C11H9ClN2O4S2/c12-11-13-5-10(19-11)20(15,16)14-4-7-1-2-8-9(3-7)18-6-17-8/h1-3,5,14H,4,6H2. The van der Waals surface area contributed by atoms with Crippen LogP contribution < -0.4 is 14.2 Å². The van der Waals surface area contributed by atoms with Crippen molar-refractivity contribution in [2.24, 2.45) is 0 Å². The minimum absolute atomic E-state index is 0.0863. The van der Waals surface area contributed by atoms with Gasteiger partial charge in [0.25, 0.3) is 10.0 Å². The van der Waals surface area contributed by atoms with E-state index >= 15 is 0 Å². The molecular formula is C11H9ClN2O4S2. The van der Waals surface area contributed by atoms with E-state index in [1.54, 1.807) is 18.2 Å². The lowest BCUT2D eigenvalue weighted by Gasteiger charge is -2.05. The Hall–Kier alpha value is -1.35. The molecule has 0 aliphatic carbocycles. The molecule has 0 radical (unpaired) electrons. The van der Waals surface area contributed by atoms with Gasteiger partial charge in [-0.05, 0) is 17.7 Å². The summed E-state index contributed by atoms with van der Waals surface area (Å²) in [6, 6.07) is 5.26. The molecule has 9 heteroatoms. The first-order valence-corrected chi connectivity index (χ1v) is 8.22. The monoisotopic (exact) mass is 332 g/mol. The Balaban J connectivity index is 1.73. The summed E-state index contributed by atoms with van der Waals surface area (Å²) in [7, 11) is -3.60. The van der Waals surface area contributed by atoms with Gasteiger partial charge in [-0.1, -0.05) is 29.0 Å². The number of halogens is 1. The van der Waals surface area contributed by atoms with Gasteiger partial charge in [0.1, 0.15) is 0 Å². The molecule has 1 aromatic heterocycles. The summed E-state index contributed by atoms with van der Waals surface area (Å²) >= 11 is 6.54. The van der Waals surface area contributed by atoms with E-state index in [-0.39, 0.29) is 22.0 Å². The molecule has 0 spiro atoms. The molecule has 1 aliphatic heterocycles. The second-order valence-corrected chi connectivity index (χ2v) is 7.55. The zero-order chi connectivity index (χ0) is 14.2. The summed E-state index contributed by atoms with van der Waals surface area (Å²) in [5.41, 5.74) is 0.772. The molecule has 20 heavy (non-hydrogen) atoms. The largest absolute Gasteiger partial charge is 0.454 e. The van der Waals surface area contributed by atoms with Crippen molar-refractivity contribution in [2.75, 3.05) is 6.79 Å². The van der Waals surface area contributed by atoms with Crippen LogP contribution >= 0.6 is 22.9 Å². The van der Waals surface area contributed by atoms with E-state index in [0.29, 0.717) is 11.5 Å². The predicted octanol–water partition coefficient (Wildman–Crippen LogP) is 2.00. The molecule has 1 N–H and O–H groups in total. The van der Waals surface area contributed by atoms with E-state index < -0.39 is 10.0 Å². The fourth-order valence-electron chi connectivity index (χ4n) is 1.66. The maximum atomic E-state index is 12.0. The van der Waals surface area contributed by atoms with Gasteiger partial charge >= 0.3 is 0 Å². The van der Waals surface area contributed by atoms with Gasteiger partial charge < -0.3 is 9.47 Å². The molecule has 1 aliphatic rings. The lowest BCUT2D eigenvalue weighted by Crippen LogP contribution is -2.22. The van der Waals surface area contributed by atoms with E-state index in [0.717, 1.165) is 16.9 Å². The van der Waals surface area contributed by atoms with Crippen LogP contribution in [0.3, 0.4) is 0 Å². The Morgan fingerprint density at radius 1 is 1.35 bits per heavy atom. The summed E-state index contributed by atoms with van der Waals surface area (Å²) in [4.78, 5) is 3.71. The molecule has 2 aromatic rings. The van der Waals surface area contributed by atoms with E-state index in [2.05, 4.69) is 9.71 Å². The predicted molar refractivity (Wildman–Crippen MR) is 73.7 cm³/mol. The first kappa shape index (κ1) is 13.6. The quantitative estimate of drug-likeness (QED) is 0.926. The van der Waals surface area contributed by atoms with Crippen LogP contribution in [-0.4, -0.2) is 20.2 Å². The molecule has 3 rings (SSSR count). The van der Waals surface area contributed by atoms with Gasteiger partial charge in [0, 0.05) is 6.54 Å². The number of nitrogens with zero attached hydrogens (tertiary/aromatic N) is 1. The highest BCUT2D eigenvalue weighted by Crippen LogP contribution is 2.32. The first-order valence-electron chi connectivity index (χ1n) is 5.54. The second kappa shape index (κ2) is 5.21. The Labute approximate surface area is 124 Å². The smallest absolute Gasteiger partial charge is 0.252 e. The van der Waals surface area contributed by atoms with Crippen LogP contribution in [0, 0.1) is 0 Å². The number of benzene rings is 1. The van der Waals surface area contributed by atoms with Gasteiger partial charge in [-0.25, -0.2) is 18.1 Å². The van der Waals surface area contributed by atoms with Crippen LogP contribution in [0.25, 0.3) is 0 Å². The summed E-state index contributed by atoms with van der Waals surface area (Å²) in [5, 5.41) is 0. The molecule has 2 heterocycles. The Morgan fingerprint density at radius 3 is 2.90 bits per heavy atom. The average Bonchev–Trinajstić information content (AvgIpc) is 3.04. The van der Waals surface area contributed by atoms with Crippen molar-refractivity contribution >= 4 is 33.0 Å². The number of hydrogen-bond acceptors (Lipinski definition) is 6. The topological polar surface area (TPSA) is 77.5 Å². The first-order chi connectivity index (χ1) is 9.54. The van der Waals surface area contributed by atoms with Crippen molar-refractivity contribution in [1.29, 1.82) is 0 Å². The lowest BCUT2D eigenvalue weighted by atomic mass is 10.2. The van der Waals surface area contributed by atoms with Crippen LogP contribution in [0.5, 0.6) is 11.5 Å². The highest BCUT2D eigenvalue weighted by atomic mass is 35.5. The highest BCUT2D eigenvalue weighted by Gasteiger charge is 2.18. The van der Waals surface area contributed by atoms with Gasteiger partial charge in [-0.3, -0.25) is 0 Å². The number of ether oxygens (including phenoxy) is 2. The molecule has 0 fully saturated rings. The number of sulfonamides is 1. The van der Waals surface area contributed by atoms with E-state index in [1.807, 2.05) is 0 Å². The number of nitrogens with one attached hydrogen (secondary N) is 1. The van der Waals surface area contributed by atoms with Crippen LogP contribution in [0.15, 0.2) is 28.6 Å². The van der Waals surface area contributed by atoms with Crippen molar-refractivity contribution in [3.8, 4) is 11.5 Å². The van der Waals surface area contributed by atoms with Crippen molar-refractivity contribution in [1.82, 2.24) is 9.71 Å². The third-order valence-electron chi connectivity index (χ3n) is 2.62. The van der Waals surface area contributed by atoms with Gasteiger partial charge in [0.15, 0.2) is 20.2 Å². The fraction of sp³-hybridized carbons (Fsp3) is 0.182. The molecular weight excluding hydrogens is 324 g/mol. The van der Waals surface area contributed by atoms with Crippen LogP contribution in [0.2, 0.25) is 4.47 Å². The van der Waals surface area contributed by atoms with Crippen molar-refractivity contribution < 1.29 is 17.9 Å². The third kappa shape index (κ3) is 2.73. The maximum Gasteiger partial charge on any atom is 0.252 e. The molecule has 0 amide bonds. The van der Waals surface area contributed by atoms with Gasteiger partial charge in [-0.15, -0.1) is 0 Å². The van der Waals surface area contributed by atoms with E-state index in [9.17, 15) is 8.42 Å². The summed E-state index contributed by atoms with van der Waals surface area (Å²) in [6.07, 6.45) is 1.23. The number of fused-ring (bicyclic) bond motifs is 1. The zero-order valence-corrected chi connectivity index (χ0v) is 12.4. The molecule has 1 aromatic carbocycles. The zero-order valence-electron chi connectivity index (χ0n) is 10.00. The molecule has 0 saturated carbocycles. The van der Waals surface area contributed by atoms with E-state index in [4.69, 9.17) is 21.1 Å². The molecule has 6 nitrogen and oxygen atoms in total. The fourth-order valence-corrected chi connectivity index (χ4v) is 4.02. The van der Waals surface area contributed by atoms with E-state index in [1.165, 1.54) is 6.20 Å². The Kier molecular flexibility index (Phi) is 3.55. The molecule has 106 valence electrons. The molecule has 0 saturated heterocycles. The normalized spacial score (nSPS) is 13.7. The Morgan fingerprint density at radius 2 is 2.15 bits per heavy atom. The minimum Gasteiger partial charge on any atom is -0.454 e. The third-order valence-corrected chi connectivity index (χ3v) is 5.60. The number of thiazole rings is 1. The van der Waals surface area contributed by atoms with Crippen molar-refractivity contribution in [3.63, 3.8) is 0 Å². The number of rotatable bonds is 4. The van der Waals surface area contributed by atoms with Crippen LogP contribution in [0.4, 0.5) is 0 Å². The molecule has 0 bridgehead atoms. The molecule has 0 unspecified atom stereocenters. The van der Waals surface area contributed by atoms with Gasteiger partial charge in [-0.2, -0.15) is 0 Å². The molecule has 0 atom stereocenters. The van der Waals surface area contributed by atoms with Gasteiger partial charge in [0.05, 0.1) is 6.20 Å². The summed E-state index contributed by atoms with van der Waals surface area (Å²) < 4.78 is 37.2. The van der Waals surface area contributed by atoms with Crippen LogP contribution in [0.1, 0.15) is 5.56 Å². The maximum absolute atomic E-state index is 12.0. The summed E-state index contributed by atoms with van der Waals surface area (Å²) in [5.74, 6) is 1.27. The van der Waals surface area contributed by atoms with Crippen molar-refractivity contribution in [3.05, 3.63) is 34.4 Å². The lowest BCUT2D eigenvalue weighted by molar-refractivity contribution is 0.174. The number of aromatic nitrogens is 1. The SMILES string of the molecule is O=S(=O)(NCc1ccc2c(c1)OCO2)c1cnc(Cl)s1. The second-order valence-electron chi connectivity index (χ2n) is 3.94. The highest BCUT2D eigenvalue weighted by molar-refractivity contribution is 7.91. The van der Waals surface area contributed by atoms with Crippen LogP contribution in [-0.2, 0) is 16.6 Å². The van der Waals surface area contributed by atoms with Gasteiger partial charge in [0.2, 0.25) is 6.79 Å². The van der Waals surface area contributed by atoms with Crippen molar-refractivity contribution in [2.45, 2.75) is 10.8 Å². The summed E-state index contributed by atoms with van der Waals surface area (Å²) in [6.45, 7) is 0.332. The average molecular weight is 333 g/mol. The Bertz CT molecular complexity index is 745.